The van der Waals surface area contributed by atoms with Crippen LogP contribution in [-0.2, 0) is 6.61 Å². The Balaban J connectivity index is 2.05. The van der Waals surface area contributed by atoms with E-state index in [9.17, 15) is 4.39 Å². The van der Waals surface area contributed by atoms with E-state index in [0.717, 1.165) is 5.56 Å². The number of halogens is 1. The van der Waals surface area contributed by atoms with Crippen LogP contribution in [0.5, 0.6) is 5.75 Å². The van der Waals surface area contributed by atoms with Crippen LogP contribution < -0.4 is 15.5 Å². The Kier molecular flexibility index (Phi) is 5.85. The third kappa shape index (κ3) is 4.53. The van der Waals surface area contributed by atoms with Gasteiger partial charge in [0, 0.05) is 18.2 Å². The lowest BCUT2D eigenvalue weighted by atomic mass is 10.2. The molecule has 0 aromatic heterocycles. The van der Waals surface area contributed by atoms with E-state index in [1.807, 2.05) is 18.2 Å². The van der Waals surface area contributed by atoms with Gasteiger partial charge < -0.3 is 10.1 Å². The molecule has 114 valence electrons. The monoisotopic (exact) mass is 317 g/mol. The summed E-state index contributed by atoms with van der Waals surface area (Å²) in [4.78, 5) is 0. The minimum absolute atomic E-state index is 0.153. The molecule has 0 radical (unpaired) electrons. The van der Waals surface area contributed by atoms with Crippen molar-refractivity contribution >= 4 is 23.5 Å². The molecule has 0 saturated heterocycles. The molecular weight excluding hydrogens is 301 g/mol. The molecule has 0 fully saturated rings. The number of rotatable bonds is 5. The number of thiocarbonyl (C=S) groups is 1. The normalized spacial score (nSPS) is 10.5. The highest BCUT2D eigenvalue weighted by molar-refractivity contribution is 7.80. The number of benzene rings is 2. The molecule has 0 amide bonds. The van der Waals surface area contributed by atoms with Crippen molar-refractivity contribution in [3.63, 3.8) is 0 Å². The van der Waals surface area contributed by atoms with E-state index in [-0.39, 0.29) is 12.4 Å². The fraction of sp³-hybridized carbons (Fsp3) is 0.125. The van der Waals surface area contributed by atoms with Crippen LogP contribution in [0.1, 0.15) is 11.1 Å². The van der Waals surface area contributed by atoms with E-state index >= 15 is 0 Å². The summed E-state index contributed by atoms with van der Waals surface area (Å²) in [5.74, 6) is 0.335. The summed E-state index contributed by atoms with van der Waals surface area (Å²) in [6.45, 7) is 0.153. The van der Waals surface area contributed by atoms with Crippen LogP contribution in [0.25, 0.3) is 0 Å². The van der Waals surface area contributed by atoms with E-state index in [1.165, 1.54) is 6.07 Å². The largest absolute Gasteiger partial charge is 0.488 e. The van der Waals surface area contributed by atoms with Gasteiger partial charge >= 0.3 is 0 Å². The number of para-hydroxylation sites is 1. The minimum Gasteiger partial charge on any atom is -0.488 e. The highest BCUT2D eigenvalue weighted by atomic mass is 32.1. The quantitative estimate of drug-likeness (QED) is 0.506. The van der Waals surface area contributed by atoms with Crippen molar-refractivity contribution < 1.29 is 9.13 Å². The molecule has 0 aliphatic heterocycles. The predicted octanol–water partition coefficient (Wildman–Crippen LogP) is 2.83. The molecule has 0 saturated carbocycles. The first-order valence-corrected chi connectivity index (χ1v) is 7.07. The Labute approximate surface area is 134 Å². The van der Waals surface area contributed by atoms with Gasteiger partial charge in [-0.15, -0.1) is 0 Å². The maximum atomic E-state index is 13.6. The van der Waals surface area contributed by atoms with E-state index in [2.05, 4.69) is 15.8 Å². The second-order valence-electron chi connectivity index (χ2n) is 4.37. The molecule has 2 N–H and O–H groups in total. The number of hydrogen-bond acceptors (Lipinski definition) is 3. The molecule has 6 heteroatoms. The Morgan fingerprint density at radius 1 is 1.23 bits per heavy atom. The van der Waals surface area contributed by atoms with Crippen molar-refractivity contribution in [3.8, 4) is 5.75 Å². The number of nitrogens with one attached hydrogen (secondary N) is 2. The average molecular weight is 317 g/mol. The number of hydrogen-bond donors (Lipinski definition) is 2. The Bertz CT molecular complexity index is 676. The molecule has 0 unspecified atom stereocenters. The average Bonchev–Trinajstić information content (AvgIpc) is 2.55. The first-order chi connectivity index (χ1) is 10.7. The van der Waals surface area contributed by atoms with Crippen molar-refractivity contribution in [1.29, 1.82) is 0 Å². The van der Waals surface area contributed by atoms with Gasteiger partial charge in [-0.3, -0.25) is 5.43 Å². The van der Waals surface area contributed by atoms with E-state index in [4.69, 9.17) is 17.0 Å². The summed E-state index contributed by atoms with van der Waals surface area (Å²) in [6, 6.07) is 13.9. The maximum Gasteiger partial charge on any atom is 0.186 e. The van der Waals surface area contributed by atoms with Gasteiger partial charge in [0.1, 0.15) is 18.2 Å². The number of hydrazone groups is 1. The lowest BCUT2D eigenvalue weighted by Crippen LogP contribution is -2.28. The van der Waals surface area contributed by atoms with Gasteiger partial charge in [-0.25, -0.2) is 4.39 Å². The third-order valence-electron chi connectivity index (χ3n) is 2.86. The Hall–Kier alpha value is -2.47. The van der Waals surface area contributed by atoms with Gasteiger partial charge in [-0.1, -0.05) is 30.3 Å². The minimum atomic E-state index is -0.283. The first-order valence-electron chi connectivity index (χ1n) is 6.66. The third-order valence-corrected chi connectivity index (χ3v) is 3.15. The van der Waals surface area contributed by atoms with Crippen molar-refractivity contribution in [2.24, 2.45) is 5.10 Å². The summed E-state index contributed by atoms with van der Waals surface area (Å²) in [5, 5.41) is 7.18. The van der Waals surface area contributed by atoms with Gasteiger partial charge in [0.15, 0.2) is 5.11 Å². The van der Waals surface area contributed by atoms with Gasteiger partial charge in [0.05, 0.1) is 6.21 Å². The fourth-order valence-electron chi connectivity index (χ4n) is 1.71. The van der Waals surface area contributed by atoms with E-state index in [1.54, 1.807) is 37.5 Å². The smallest absolute Gasteiger partial charge is 0.186 e. The van der Waals surface area contributed by atoms with Crippen LogP contribution >= 0.6 is 12.2 Å². The van der Waals surface area contributed by atoms with Crippen molar-refractivity contribution in [1.82, 2.24) is 10.7 Å². The molecule has 0 heterocycles. The van der Waals surface area contributed by atoms with Crippen molar-refractivity contribution in [2.45, 2.75) is 6.61 Å². The van der Waals surface area contributed by atoms with Gasteiger partial charge in [0.25, 0.3) is 0 Å². The van der Waals surface area contributed by atoms with Gasteiger partial charge in [-0.2, -0.15) is 5.10 Å². The summed E-state index contributed by atoms with van der Waals surface area (Å²) in [7, 11) is 1.70. The zero-order valence-corrected chi connectivity index (χ0v) is 12.9. The Morgan fingerprint density at radius 3 is 2.73 bits per heavy atom. The summed E-state index contributed by atoms with van der Waals surface area (Å²) >= 11 is 4.92. The van der Waals surface area contributed by atoms with Crippen LogP contribution in [0.4, 0.5) is 4.39 Å². The number of nitrogens with zero attached hydrogens (tertiary/aromatic N) is 1. The lowest BCUT2D eigenvalue weighted by Gasteiger charge is -2.09. The zero-order chi connectivity index (χ0) is 15.8. The van der Waals surface area contributed by atoms with Crippen LogP contribution in [0, 0.1) is 5.82 Å². The molecule has 0 bridgehead atoms. The SMILES string of the molecule is CNC(=S)N/N=C\c1ccccc1OCc1ccccc1F. The van der Waals surface area contributed by atoms with Crippen molar-refractivity contribution in [3.05, 3.63) is 65.5 Å². The van der Waals surface area contributed by atoms with Gasteiger partial charge in [0.2, 0.25) is 0 Å². The zero-order valence-electron chi connectivity index (χ0n) is 12.0. The molecule has 0 spiro atoms. The lowest BCUT2D eigenvalue weighted by molar-refractivity contribution is 0.299. The van der Waals surface area contributed by atoms with Crippen LogP contribution in [0.2, 0.25) is 0 Å². The second-order valence-corrected chi connectivity index (χ2v) is 4.78. The molecule has 4 nitrogen and oxygen atoms in total. The number of ether oxygens (including phenoxy) is 1. The maximum absolute atomic E-state index is 13.6. The van der Waals surface area contributed by atoms with Crippen LogP contribution in [0.15, 0.2) is 53.6 Å². The van der Waals surface area contributed by atoms with Crippen molar-refractivity contribution in [2.75, 3.05) is 7.05 Å². The molecule has 2 aromatic carbocycles. The molecule has 0 aliphatic rings. The molecule has 2 aromatic rings. The van der Waals surface area contributed by atoms with Crippen LogP contribution in [-0.4, -0.2) is 18.4 Å². The van der Waals surface area contributed by atoms with E-state index in [0.29, 0.717) is 16.4 Å². The molecule has 2 rings (SSSR count). The summed E-state index contributed by atoms with van der Waals surface area (Å²) < 4.78 is 19.3. The molecule has 0 aliphatic carbocycles. The Morgan fingerprint density at radius 2 is 1.95 bits per heavy atom. The highest BCUT2D eigenvalue weighted by Gasteiger charge is 2.04. The van der Waals surface area contributed by atoms with Crippen LogP contribution in [0.3, 0.4) is 0 Å². The molecular formula is C16H16FN3OS. The predicted molar refractivity (Wildman–Crippen MR) is 89.6 cm³/mol. The summed E-state index contributed by atoms with van der Waals surface area (Å²) in [5.41, 5.74) is 3.94. The topological polar surface area (TPSA) is 45.7 Å². The first kappa shape index (κ1) is 15.9. The molecule has 22 heavy (non-hydrogen) atoms. The van der Waals surface area contributed by atoms with Gasteiger partial charge in [-0.05, 0) is 30.4 Å². The standard InChI is InChI=1S/C16H16FN3OS/c1-18-16(22)20-19-10-12-6-3-5-9-15(12)21-11-13-7-2-4-8-14(13)17/h2-10H,11H2,1H3,(H2,18,20,22)/b19-10-. The second kappa shape index (κ2) is 8.09. The summed E-state index contributed by atoms with van der Waals surface area (Å²) in [6.07, 6.45) is 1.60. The fourth-order valence-corrected chi connectivity index (χ4v) is 1.76. The van der Waals surface area contributed by atoms with E-state index < -0.39 is 0 Å². The highest BCUT2D eigenvalue weighted by Crippen LogP contribution is 2.18. The molecule has 0 atom stereocenters.